The van der Waals surface area contributed by atoms with Gasteiger partial charge in [0, 0.05) is 12.5 Å². The molecule has 1 aromatic rings. The van der Waals surface area contributed by atoms with Crippen molar-refractivity contribution < 1.29 is 9.32 Å². The van der Waals surface area contributed by atoms with Crippen molar-refractivity contribution in [2.45, 2.75) is 45.4 Å². The Labute approximate surface area is 107 Å². The number of nitrogens with one attached hydrogen (secondary N) is 1. The van der Waals surface area contributed by atoms with Crippen molar-refractivity contribution in [3.05, 3.63) is 11.8 Å². The third-order valence-corrected chi connectivity index (χ3v) is 3.78. The summed E-state index contributed by atoms with van der Waals surface area (Å²) in [4.78, 5) is 12.0. The first-order valence-corrected chi connectivity index (χ1v) is 6.57. The van der Waals surface area contributed by atoms with Crippen LogP contribution in [0.1, 0.15) is 44.3 Å². The van der Waals surface area contributed by atoms with Crippen molar-refractivity contribution in [3.63, 3.8) is 0 Å². The molecule has 0 atom stereocenters. The first-order chi connectivity index (χ1) is 8.63. The summed E-state index contributed by atoms with van der Waals surface area (Å²) >= 11 is 0. The maximum absolute atomic E-state index is 12.0. The molecule has 18 heavy (non-hydrogen) atoms. The standard InChI is InChI=1S/C13H21N3O2/c1-10-7-11(16-18-10)15-12(17)8-13(9-14)5-3-2-4-6-13/h7H,2-6,8-9,14H2,1H3,(H,15,16,17). The predicted molar refractivity (Wildman–Crippen MR) is 69.1 cm³/mol. The topological polar surface area (TPSA) is 81.2 Å². The average Bonchev–Trinajstić information content (AvgIpc) is 2.75. The smallest absolute Gasteiger partial charge is 0.226 e. The van der Waals surface area contributed by atoms with Crippen LogP contribution in [0.4, 0.5) is 5.82 Å². The third-order valence-electron chi connectivity index (χ3n) is 3.78. The van der Waals surface area contributed by atoms with Gasteiger partial charge in [0.05, 0.1) is 0 Å². The van der Waals surface area contributed by atoms with Crippen LogP contribution in [-0.2, 0) is 4.79 Å². The minimum Gasteiger partial charge on any atom is -0.360 e. The van der Waals surface area contributed by atoms with Crippen molar-refractivity contribution in [2.24, 2.45) is 11.1 Å². The fourth-order valence-corrected chi connectivity index (χ4v) is 2.71. The second kappa shape index (κ2) is 5.52. The molecule has 0 saturated heterocycles. The maximum Gasteiger partial charge on any atom is 0.226 e. The molecule has 100 valence electrons. The van der Waals surface area contributed by atoms with E-state index in [4.69, 9.17) is 10.3 Å². The van der Waals surface area contributed by atoms with Crippen LogP contribution >= 0.6 is 0 Å². The fraction of sp³-hybridized carbons (Fsp3) is 0.692. The summed E-state index contributed by atoms with van der Waals surface area (Å²) in [6.45, 7) is 2.38. The van der Waals surface area contributed by atoms with Crippen LogP contribution in [0.5, 0.6) is 0 Å². The number of aryl methyl sites for hydroxylation is 1. The van der Waals surface area contributed by atoms with Crippen molar-refractivity contribution in [1.82, 2.24) is 5.16 Å². The normalized spacial score (nSPS) is 18.6. The summed E-state index contributed by atoms with van der Waals surface area (Å²) in [5.41, 5.74) is 5.86. The van der Waals surface area contributed by atoms with E-state index in [1.807, 2.05) is 0 Å². The first kappa shape index (κ1) is 13.1. The Bertz CT molecular complexity index is 408. The van der Waals surface area contributed by atoms with Gasteiger partial charge in [0.1, 0.15) is 5.76 Å². The minimum atomic E-state index is -0.0179. The lowest BCUT2D eigenvalue weighted by atomic mass is 9.71. The van der Waals surface area contributed by atoms with Gasteiger partial charge in [-0.05, 0) is 31.7 Å². The van der Waals surface area contributed by atoms with Crippen LogP contribution in [0, 0.1) is 12.3 Å². The molecule has 2 rings (SSSR count). The molecule has 1 aliphatic rings. The van der Waals surface area contributed by atoms with Gasteiger partial charge in [-0.1, -0.05) is 24.4 Å². The lowest BCUT2D eigenvalue weighted by Crippen LogP contribution is -2.36. The highest BCUT2D eigenvalue weighted by molar-refractivity contribution is 5.90. The fourth-order valence-electron chi connectivity index (χ4n) is 2.71. The van der Waals surface area contributed by atoms with Gasteiger partial charge in [0.2, 0.25) is 5.91 Å². The molecule has 0 bridgehead atoms. The maximum atomic E-state index is 12.0. The number of aromatic nitrogens is 1. The molecular formula is C13H21N3O2. The minimum absolute atomic E-state index is 0.0128. The molecule has 5 heteroatoms. The van der Waals surface area contributed by atoms with Gasteiger partial charge >= 0.3 is 0 Å². The molecule has 3 N–H and O–H groups in total. The molecule has 5 nitrogen and oxygen atoms in total. The lowest BCUT2D eigenvalue weighted by Gasteiger charge is -2.35. The Morgan fingerprint density at radius 2 is 2.22 bits per heavy atom. The number of rotatable bonds is 4. The third kappa shape index (κ3) is 3.10. The van der Waals surface area contributed by atoms with E-state index in [2.05, 4.69) is 10.5 Å². The quantitative estimate of drug-likeness (QED) is 0.859. The molecule has 0 aliphatic heterocycles. The van der Waals surface area contributed by atoms with Crippen molar-refractivity contribution in [1.29, 1.82) is 0 Å². The lowest BCUT2D eigenvalue weighted by molar-refractivity contribution is -0.118. The molecule has 1 saturated carbocycles. The van der Waals surface area contributed by atoms with Gasteiger partial charge in [-0.15, -0.1) is 0 Å². The monoisotopic (exact) mass is 251 g/mol. The number of anilines is 1. The number of hydrogen-bond donors (Lipinski definition) is 2. The summed E-state index contributed by atoms with van der Waals surface area (Å²) < 4.78 is 4.92. The Hall–Kier alpha value is -1.36. The van der Waals surface area contributed by atoms with E-state index in [0.29, 0.717) is 24.5 Å². The Balaban J connectivity index is 1.93. The molecule has 0 spiro atoms. The van der Waals surface area contributed by atoms with Crippen LogP contribution in [0.3, 0.4) is 0 Å². The van der Waals surface area contributed by atoms with Gasteiger partial charge in [0.15, 0.2) is 5.82 Å². The second-order valence-electron chi connectivity index (χ2n) is 5.31. The summed E-state index contributed by atoms with van der Waals surface area (Å²) in [5.74, 6) is 1.16. The van der Waals surface area contributed by atoms with E-state index in [-0.39, 0.29) is 11.3 Å². The number of amides is 1. The summed E-state index contributed by atoms with van der Waals surface area (Å²) in [7, 11) is 0. The molecule has 0 unspecified atom stereocenters. The summed E-state index contributed by atoms with van der Waals surface area (Å²) in [6.07, 6.45) is 6.19. The van der Waals surface area contributed by atoms with Gasteiger partial charge in [0.25, 0.3) is 0 Å². The van der Waals surface area contributed by atoms with Crippen molar-refractivity contribution >= 4 is 11.7 Å². The van der Waals surface area contributed by atoms with Crippen molar-refractivity contribution in [3.8, 4) is 0 Å². The van der Waals surface area contributed by atoms with E-state index in [1.54, 1.807) is 13.0 Å². The molecule has 1 aliphatic carbocycles. The largest absolute Gasteiger partial charge is 0.360 e. The zero-order chi connectivity index (χ0) is 13.0. The number of carbonyl (C=O) groups is 1. The zero-order valence-electron chi connectivity index (χ0n) is 10.9. The van der Waals surface area contributed by atoms with Gasteiger partial charge in [-0.3, -0.25) is 4.79 Å². The highest BCUT2D eigenvalue weighted by Gasteiger charge is 2.33. The van der Waals surface area contributed by atoms with Crippen LogP contribution in [-0.4, -0.2) is 17.6 Å². The summed E-state index contributed by atoms with van der Waals surface area (Å²) in [6, 6.07) is 1.72. The predicted octanol–water partition coefficient (Wildman–Crippen LogP) is 2.22. The van der Waals surface area contributed by atoms with Crippen LogP contribution in [0.15, 0.2) is 10.6 Å². The highest BCUT2D eigenvalue weighted by Crippen LogP contribution is 2.38. The molecular weight excluding hydrogens is 230 g/mol. The van der Waals surface area contributed by atoms with E-state index in [0.717, 1.165) is 12.8 Å². The van der Waals surface area contributed by atoms with E-state index >= 15 is 0 Å². The highest BCUT2D eigenvalue weighted by atomic mass is 16.5. The molecule has 1 heterocycles. The molecule has 1 aromatic heterocycles. The average molecular weight is 251 g/mol. The first-order valence-electron chi connectivity index (χ1n) is 6.57. The second-order valence-corrected chi connectivity index (χ2v) is 5.31. The van der Waals surface area contributed by atoms with Gasteiger partial charge in [-0.2, -0.15) is 0 Å². The molecule has 1 amide bonds. The number of nitrogens with two attached hydrogens (primary N) is 1. The molecule has 1 fully saturated rings. The summed E-state index contributed by atoms with van der Waals surface area (Å²) in [5, 5.41) is 6.53. The van der Waals surface area contributed by atoms with Gasteiger partial charge < -0.3 is 15.6 Å². The Kier molecular flexibility index (Phi) is 4.01. The Morgan fingerprint density at radius 3 is 2.78 bits per heavy atom. The number of nitrogens with zero attached hydrogens (tertiary/aromatic N) is 1. The molecule has 0 aromatic carbocycles. The van der Waals surface area contributed by atoms with E-state index < -0.39 is 0 Å². The van der Waals surface area contributed by atoms with Crippen LogP contribution < -0.4 is 11.1 Å². The number of carbonyl (C=O) groups excluding carboxylic acids is 1. The Morgan fingerprint density at radius 1 is 1.50 bits per heavy atom. The zero-order valence-corrected chi connectivity index (χ0v) is 10.9. The van der Waals surface area contributed by atoms with E-state index in [9.17, 15) is 4.79 Å². The van der Waals surface area contributed by atoms with Gasteiger partial charge in [-0.25, -0.2) is 0 Å². The van der Waals surface area contributed by atoms with Crippen LogP contribution in [0.25, 0.3) is 0 Å². The SMILES string of the molecule is Cc1cc(NC(=O)CC2(CN)CCCCC2)no1. The number of hydrogen-bond acceptors (Lipinski definition) is 4. The molecule has 0 radical (unpaired) electrons. The van der Waals surface area contributed by atoms with Crippen molar-refractivity contribution in [2.75, 3.05) is 11.9 Å². The van der Waals surface area contributed by atoms with E-state index in [1.165, 1.54) is 19.3 Å². The van der Waals surface area contributed by atoms with Crippen LogP contribution in [0.2, 0.25) is 0 Å².